The summed E-state index contributed by atoms with van der Waals surface area (Å²) in [6, 6.07) is 14.7. The third-order valence-corrected chi connectivity index (χ3v) is 5.83. The van der Waals surface area contributed by atoms with Crippen molar-refractivity contribution < 1.29 is 13.9 Å². The van der Waals surface area contributed by atoms with Crippen molar-refractivity contribution in [3.05, 3.63) is 71.6 Å². The number of nitrogens with one attached hydrogen (secondary N) is 1. The van der Waals surface area contributed by atoms with E-state index >= 15 is 0 Å². The molecule has 0 aliphatic carbocycles. The summed E-state index contributed by atoms with van der Waals surface area (Å²) in [5.74, 6) is 1.56. The van der Waals surface area contributed by atoms with Crippen molar-refractivity contribution in [3.63, 3.8) is 0 Å². The fraction of sp³-hybridized carbons (Fsp3) is 0.130. The minimum atomic E-state index is -0.310. The molecule has 0 spiro atoms. The monoisotopic (exact) mass is 460 g/mol. The summed E-state index contributed by atoms with van der Waals surface area (Å²) >= 11 is 1.41. The average molecular weight is 461 g/mol. The molecule has 0 atom stereocenters. The number of rotatable bonds is 6. The van der Waals surface area contributed by atoms with Crippen LogP contribution in [0.1, 0.15) is 16.2 Å². The van der Waals surface area contributed by atoms with Gasteiger partial charge >= 0.3 is 0 Å². The van der Waals surface area contributed by atoms with Gasteiger partial charge in [0.2, 0.25) is 5.13 Å². The molecule has 33 heavy (non-hydrogen) atoms. The fourth-order valence-corrected chi connectivity index (χ4v) is 4.26. The molecule has 4 aromatic heterocycles. The minimum Gasteiger partial charge on any atom is -0.496 e. The third-order valence-electron chi connectivity index (χ3n) is 5.02. The fourth-order valence-electron chi connectivity index (χ4n) is 3.48. The molecule has 1 aromatic carbocycles. The van der Waals surface area contributed by atoms with Gasteiger partial charge in [-0.15, -0.1) is 11.3 Å². The zero-order chi connectivity index (χ0) is 22.9. The lowest BCUT2D eigenvalue weighted by molar-refractivity contribution is 0.101. The van der Waals surface area contributed by atoms with Gasteiger partial charge in [-0.3, -0.25) is 9.48 Å². The number of hydrogen-bond acceptors (Lipinski definition) is 7. The van der Waals surface area contributed by atoms with Gasteiger partial charge < -0.3 is 14.5 Å². The van der Waals surface area contributed by atoms with Crippen molar-refractivity contribution in [3.8, 4) is 33.6 Å². The van der Waals surface area contributed by atoms with Crippen LogP contribution in [0.5, 0.6) is 5.75 Å². The van der Waals surface area contributed by atoms with Crippen LogP contribution in [-0.4, -0.2) is 37.6 Å². The number of aromatic nitrogens is 5. The summed E-state index contributed by atoms with van der Waals surface area (Å²) in [6.45, 7) is 1.86. The Morgan fingerprint density at radius 3 is 2.76 bits per heavy atom. The van der Waals surface area contributed by atoms with Crippen molar-refractivity contribution in [1.29, 1.82) is 0 Å². The van der Waals surface area contributed by atoms with E-state index in [0.29, 0.717) is 39.5 Å². The lowest BCUT2D eigenvalue weighted by atomic mass is 10.1. The number of ether oxygens (including phenoxy) is 1. The average Bonchev–Trinajstić information content (AvgIpc) is 3.60. The number of carbonyl (C=O) groups is 1. The van der Waals surface area contributed by atoms with Crippen molar-refractivity contribution in [1.82, 2.24) is 24.5 Å². The molecule has 0 radical (unpaired) electrons. The van der Waals surface area contributed by atoms with Gasteiger partial charge in [-0.1, -0.05) is 12.1 Å². The first-order valence-electron chi connectivity index (χ1n) is 10.1. The maximum atomic E-state index is 13.1. The summed E-state index contributed by atoms with van der Waals surface area (Å²) in [4.78, 5) is 17.7. The predicted octanol–water partition coefficient (Wildman–Crippen LogP) is 4.56. The largest absolute Gasteiger partial charge is 0.496 e. The Bertz CT molecular complexity index is 1430. The van der Waals surface area contributed by atoms with Gasteiger partial charge in [-0.05, 0) is 37.3 Å². The zero-order valence-corrected chi connectivity index (χ0v) is 19.0. The second-order valence-electron chi connectivity index (χ2n) is 7.27. The standard InChI is InChI=1S/C23H20N6O3S/c1-14-11-21(29(26-14)23-24-17(13-33-23)20-9-6-10-32-20)25-22(30)18-12-16(27-28(18)2)15-7-4-5-8-19(15)31-3/h4-13H,1-3H3,(H,25,30). The molecule has 5 aromatic rings. The summed E-state index contributed by atoms with van der Waals surface area (Å²) in [5, 5.41) is 14.4. The molecule has 1 amide bonds. The van der Waals surface area contributed by atoms with Gasteiger partial charge in [0.1, 0.15) is 23.0 Å². The number of anilines is 1. The second-order valence-corrected chi connectivity index (χ2v) is 8.10. The number of amides is 1. The Kier molecular flexibility index (Phi) is 5.27. The van der Waals surface area contributed by atoms with E-state index in [4.69, 9.17) is 9.15 Å². The van der Waals surface area contributed by atoms with Gasteiger partial charge in [-0.2, -0.15) is 14.9 Å². The van der Waals surface area contributed by atoms with Crippen molar-refractivity contribution in [2.45, 2.75) is 6.92 Å². The minimum absolute atomic E-state index is 0.310. The SMILES string of the molecule is COc1ccccc1-c1cc(C(=O)Nc2cc(C)nn2-c2nc(-c3ccco3)cs2)n(C)n1. The normalized spacial score (nSPS) is 11.0. The predicted molar refractivity (Wildman–Crippen MR) is 125 cm³/mol. The zero-order valence-electron chi connectivity index (χ0n) is 18.1. The second kappa shape index (κ2) is 8.40. The Balaban J connectivity index is 1.43. The van der Waals surface area contributed by atoms with Crippen LogP contribution >= 0.6 is 11.3 Å². The van der Waals surface area contributed by atoms with E-state index in [1.165, 1.54) is 11.3 Å². The van der Waals surface area contributed by atoms with Gasteiger partial charge in [0.15, 0.2) is 5.76 Å². The van der Waals surface area contributed by atoms with E-state index in [1.807, 2.05) is 48.7 Å². The number of benzene rings is 1. The highest BCUT2D eigenvalue weighted by atomic mass is 32.1. The highest BCUT2D eigenvalue weighted by molar-refractivity contribution is 7.12. The van der Waals surface area contributed by atoms with E-state index in [-0.39, 0.29) is 5.91 Å². The molecule has 0 unspecified atom stereocenters. The molecule has 0 aliphatic rings. The summed E-state index contributed by atoms with van der Waals surface area (Å²) in [6.07, 6.45) is 1.60. The molecule has 0 aliphatic heterocycles. The summed E-state index contributed by atoms with van der Waals surface area (Å²) < 4.78 is 14.0. The first-order valence-corrected chi connectivity index (χ1v) is 11.0. The van der Waals surface area contributed by atoms with Crippen molar-refractivity contribution >= 4 is 23.1 Å². The molecule has 1 N–H and O–H groups in total. The van der Waals surface area contributed by atoms with E-state index in [0.717, 1.165) is 11.3 Å². The molecule has 0 saturated heterocycles. The molecule has 4 heterocycles. The smallest absolute Gasteiger partial charge is 0.275 e. The molecule has 0 saturated carbocycles. The maximum Gasteiger partial charge on any atom is 0.275 e. The maximum absolute atomic E-state index is 13.1. The molecule has 5 rings (SSSR count). The molecule has 9 nitrogen and oxygen atoms in total. The van der Waals surface area contributed by atoms with E-state index in [2.05, 4.69) is 20.5 Å². The van der Waals surface area contributed by atoms with Crippen LogP contribution in [0.25, 0.3) is 27.8 Å². The highest BCUT2D eigenvalue weighted by Crippen LogP contribution is 2.30. The molecule has 0 fully saturated rings. The number of furan rings is 1. The van der Waals surface area contributed by atoms with Crippen molar-refractivity contribution in [2.75, 3.05) is 12.4 Å². The first-order chi connectivity index (χ1) is 16.0. The first kappa shape index (κ1) is 20.7. The van der Waals surface area contributed by atoms with Crippen LogP contribution in [0.2, 0.25) is 0 Å². The summed E-state index contributed by atoms with van der Waals surface area (Å²) in [7, 11) is 3.33. The third kappa shape index (κ3) is 3.92. The Hall–Kier alpha value is -4.18. The van der Waals surface area contributed by atoms with Crippen LogP contribution in [-0.2, 0) is 7.05 Å². The highest BCUT2D eigenvalue weighted by Gasteiger charge is 2.20. The van der Waals surface area contributed by atoms with Crippen LogP contribution in [0, 0.1) is 6.92 Å². The molecule has 166 valence electrons. The van der Waals surface area contributed by atoms with Crippen LogP contribution < -0.4 is 10.1 Å². The Morgan fingerprint density at radius 1 is 1.12 bits per heavy atom. The molecule has 10 heteroatoms. The van der Waals surface area contributed by atoms with Gasteiger partial charge in [-0.25, -0.2) is 4.98 Å². The number of hydrogen-bond donors (Lipinski definition) is 1. The quantitative estimate of drug-likeness (QED) is 0.399. The van der Waals surface area contributed by atoms with Crippen LogP contribution in [0.3, 0.4) is 0 Å². The van der Waals surface area contributed by atoms with Crippen LogP contribution in [0.4, 0.5) is 5.82 Å². The van der Waals surface area contributed by atoms with E-state index in [1.54, 1.807) is 41.9 Å². The van der Waals surface area contributed by atoms with E-state index in [9.17, 15) is 4.79 Å². The van der Waals surface area contributed by atoms with Crippen LogP contribution in [0.15, 0.2) is 64.6 Å². The Morgan fingerprint density at radius 2 is 1.97 bits per heavy atom. The molecular weight excluding hydrogens is 440 g/mol. The van der Waals surface area contributed by atoms with Crippen molar-refractivity contribution in [2.24, 2.45) is 7.05 Å². The number of carbonyl (C=O) groups excluding carboxylic acids is 1. The lowest BCUT2D eigenvalue weighted by Gasteiger charge is -2.06. The number of thiazole rings is 1. The number of nitrogens with zero attached hydrogens (tertiary/aromatic N) is 5. The molecular formula is C23H20N6O3S. The number of methoxy groups -OCH3 is 1. The molecule has 0 bridgehead atoms. The number of aryl methyl sites for hydroxylation is 2. The van der Waals surface area contributed by atoms with Gasteiger partial charge in [0, 0.05) is 24.1 Å². The van der Waals surface area contributed by atoms with Gasteiger partial charge in [0.25, 0.3) is 5.91 Å². The van der Waals surface area contributed by atoms with Gasteiger partial charge in [0.05, 0.1) is 24.8 Å². The van der Waals surface area contributed by atoms with E-state index < -0.39 is 0 Å². The lowest BCUT2D eigenvalue weighted by Crippen LogP contribution is -2.18. The Labute approximate surface area is 193 Å². The summed E-state index contributed by atoms with van der Waals surface area (Å²) in [5.41, 5.74) is 3.31. The number of para-hydroxylation sites is 1. The topological polar surface area (TPSA) is 100 Å².